The number of rotatable bonds is 7. The van der Waals surface area contributed by atoms with Crippen molar-refractivity contribution >= 4 is 11.4 Å². The second-order valence-electron chi connectivity index (χ2n) is 6.75. The minimum Gasteiger partial charge on any atom is -0.505 e. The summed E-state index contributed by atoms with van der Waals surface area (Å²) in [6, 6.07) is 17.5. The third-order valence-corrected chi connectivity index (χ3v) is 5.18. The van der Waals surface area contributed by atoms with Crippen LogP contribution in [0.3, 0.4) is 0 Å². The molecule has 3 rings (SSSR count). The van der Waals surface area contributed by atoms with Gasteiger partial charge in [-0.3, -0.25) is 10.1 Å². The van der Waals surface area contributed by atoms with Gasteiger partial charge in [0.15, 0.2) is 0 Å². The van der Waals surface area contributed by atoms with Crippen molar-refractivity contribution in [2.75, 3.05) is 21.3 Å². The minimum atomic E-state index is -1.56. The summed E-state index contributed by atoms with van der Waals surface area (Å²) < 4.78 is 22.7. The maximum atomic E-state index is 11.1. The topological polar surface area (TPSA) is 104 Å². The number of methoxy groups -OCH3 is 3. The summed E-state index contributed by atoms with van der Waals surface area (Å²) in [7, 11) is 4.40. The molecule has 2 aromatic carbocycles. The van der Waals surface area contributed by atoms with E-state index in [1.807, 2.05) is 30.3 Å². The third kappa shape index (κ3) is 4.14. The van der Waals surface area contributed by atoms with Crippen LogP contribution in [0.15, 0.2) is 72.5 Å². The molecule has 1 aliphatic heterocycles. The van der Waals surface area contributed by atoms with Gasteiger partial charge in [-0.2, -0.15) is 5.26 Å². The predicted molar refractivity (Wildman–Crippen MR) is 112 cm³/mol. The highest BCUT2D eigenvalue weighted by molar-refractivity contribution is 5.70. The van der Waals surface area contributed by atoms with Crippen molar-refractivity contribution in [1.29, 1.82) is 5.26 Å². The number of nitro groups is 1. The molecule has 0 saturated carbocycles. The second-order valence-corrected chi connectivity index (χ2v) is 6.75. The van der Waals surface area contributed by atoms with Gasteiger partial charge in [0.1, 0.15) is 5.76 Å². The molecular weight excluding hydrogens is 400 g/mol. The highest BCUT2D eigenvalue weighted by Crippen LogP contribution is 2.50. The van der Waals surface area contributed by atoms with Crippen molar-refractivity contribution in [3.63, 3.8) is 0 Å². The summed E-state index contributed by atoms with van der Waals surface area (Å²) >= 11 is 0. The zero-order valence-corrected chi connectivity index (χ0v) is 17.3. The summed E-state index contributed by atoms with van der Waals surface area (Å²) in [5.41, 5.74) is 1.65. The number of nitrogens with zero attached hydrogens (tertiary/aromatic N) is 2. The first kappa shape index (κ1) is 22.0. The largest absolute Gasteiger partial charge is 0.505 e. The van der Waals surface area contributed by atoms with Gasteiger partial charge in [0.2, 0.25) is 0 Å². The number of non-ortho nitro benzene ring substituents is 1. The van der Waals surface area contributed by atoms with Gasteiger partial charge >= 0.3 is 5.97 Å². The van der Waals surface area contributed by atoms with E-state index < -0.39 is 22.7 Å². The molecule has 2 atom stereocenters. The molecule has 0 amide bonds. The molecule has 0 N–H and O–H groups in total. The van der Waals surface area contributed by atoms with E-state index in [1.165, 1.54) is 39.7 Å². The summed E-state index contributed by atoms with van der Waals surface area (Å²) in [4.78, 5) is 10.6. The molecule has 8 nitrogen and oxygen atoms in total. The van der Waals surface area contributed by atoms with Crippen molar-refractivity contribution in [3.05, 3.63) is 93.7 Å². The number of nitriles is 1. The first-order valence-electron chi connectivity index (χ1n) is 9.44. The third-order valence-electron chi connectivity index (χ3n) is 5.18. The summed E-state index contributed by atoms with van der Waals surface area (Å²) in [5.74, 6) is -2.46. The summed E-state index contributed by atoms with van der Waals surface area (Å²) in [6.45, 7) is 0. The highest BCUT2D eigenvalue weighted by Gasteiger charge is 2.52. The van der Waals surface area contributed by atoms with Crippen LogP contribution in [0.1, 0.15) is 17.0 Å². The second kappa shape index (κ2) is 9.43. The molecular formula is C23H22N2O6. The van der Waals surface area contributed by atoms with Crippen LogP contribution in [0.25, 0.3) is 5.76 Å². The minimum absolute atomic E-state index is 0.0460. The maximum absolute atomic E-state index is 11.1. The van der Waals surface area contributed by atoms with Gasteiger partial charge < -0.3 is 18.9 Å². The number of ether oxygens (including phenoxy) is 4. The molecule has 8 heteroatoms. The fourth-order valence-corrected chi connectivity index (χ4v) is 3.72. The maximum Gasteiger partial charge on any atom is 0.334 e. The molecule has 0 aromatic heterocycles. The first-order chi connectivity index (χ1) is 15.0. The van der Waals surface area contributed by atoms with Crippen LogP contribution in [0, 0.1) is 27.4 Å². The molecule has 1 heterocycles. The SMILES string of the molecule is CO/C=C/[C@H]1[C@H](c2ccc([N+](=O)[O-])cc2)C(C#N)=C(c2ccccc2)OC1(OC)OC. The molecule has 0 bridgehead atoms. The highest BCUT2D eigenvalue weighted by atomic mass is 16.9. The normalized spacial score (nSPS) is 20.2. The zero-order valence-electron chi connectivity index (χ0n) is 17.3. The molecule has 0 saturated heterocycles. The van der Waals surface area contributed by atoms with Crippen LogP contribution in [-0.2, 0) is 18.9 Å². The van der Waals surface area contributed by atoms with Gasteiger partial charge in [0, 0.05) is 37.8 Å². The number of hydrogen-bond donors (Lipinski definition) is 0. The Morgan fingerprint density at radius 3 is 2.26 bits per heavy atom. The molecule has 1 aliphatic rings. The molecule has 160 valence electrons. The predicted octanol–water partition coefficient (Wildman–Crippen LogP) is 4.37. The lowest BCUT2D eigenvalue weighted by Gasteiger charge is -2.44. The zero-order chi connectivity index (χ0) is 22.4. The van der Waals surface area contributed by atoms with E-state index in [0.29, 0.717) is 22.5 Å². The Morgan fingerprint density at radius 2 is 1.74 bits per heavy atom. The Kier molecular flexibility index (Phi) is 6.70. The Bertz CT molecular complexity index is 1020. The lowest BCUT2D eigenvalue weighted by Crippen LogP contribution is -2.49. The molecule has 0 unspecified atom stereocenters. The van der Waals surface area contributed by atoms with Gasteiger partial charge in [-0.15, -0.1) is 0 Å². The average molecular weight is 422 g/mol. The van der Waals surface area contributed by atoms with Crippen molar-refractivity contribution in [2.45, 2.75) is 11.9 Å². The lowest BCUT2D eigenvalue weighted by molar-refractivity contribution is -0.384. The van der Waals surface area contributed by atoms with E-state index >= 15 is 0 Å². The number of benzene rings is 2. The molecule has 2 aromatic rings. The quantitative estimate of drug-likeness (QED) is 0.282. The van der Waals surface area contributed by atoms with Gasteiger partial charge in [0.25, 0.3) is 5.69 Å². The molecule has 0 radical (unpaired) electrons. The van der Waals surface area contributed by atoms with Gasteiger partial charge in [0.05, 0.1) is 35.9 Å². The van der Waals surface area contributed by atoms with Crippen molar-refractivity contribution < 1.29 is 23.9 Å². The monoisotopic (exact) mass is 422 g/mol. The standard InChI is InChI=1S/C23H22N2O6/c1-28-14-13-20-21(16-9-11-18(12-10-16)25(26)27)19(15-24)22(17-7-5-4-6-8-17)31-23(20,29-2)30-3/h4-14,20-21H,1-3H3/b14-13+/t20-,21+/m0/s1. The number of hydrogen-bond acceptors (Lipinski definition) is 7. The smallest absolute Gasteiger partial charge is 0.334 e. The molecule has 31 heavy (non-hydrogen) atoms. The van der Waals surface area contributed by atoms with E-state index in [9.17, 15) is 15.4 Å². The number of allylic oxidation sites excluding steroid dienone is 1. The molecule has 0 spiro atoms. The molecule has 0 aliphatic carbocycles. The Balaban J connectivity index is 2.28. The lowest BCUT2D eigenvalue weighted by atomic mass is 9.76. The van der Waals surface area contributed by atoms with Crippen molar-refractivity contribution in [2.24, 2.45) is 5.92 Å². The van der Waals surface area contributed by atoms with E-state index in [1.54, 1.807) is 18.2 Å². The van der Waals surface area contributed by atoms with Gasteiger partial charge in [-0.1, -0.05) is 42.5 Å². The van der Waals surface area contributed by atoms with Crippen LogP contribution in [0.4, 0.5) is 5.69 Å². The fourth-order valence-electron chi connectivity index (χ4n) is 3.72. The van der Waals surface area contributed by atoms with Crippen LogP contribution in [0.2, 0.25) is 0 Å². The average Bonchev–Trinajstić information content (AvgIpc) is 2.82. The molecule has 0 fully saturated rings. The van der Waals surface area contributed by atoms with E-state index in [4.69, 9.17) is 18.9 Å². The van der Waals surface area contributed by atoms with E-state index in [-0.39, 0.29) is 5.69 Å². The summed E-state index contributed by atoms with van der Waals surface area (Å²) in [6.07, 6.45) is 3.15. The Morgan fingerprint density at radius 1 is 1.10 bits per heavy atom. The fraction of sp³-hybridized carbons (Fsp3) is 0.261. The van der Waals surface area contributed by atoms with Crippen LogP contribution >= 0.6 is 0 Å². The Hall–Kier alpha value is -3.67. The van der Waals surface area contributed by atoms with Crippen molar-refractivity contribution in [3.8, 4) is 6.07 Å². The van der Waals surface area contributed by atoms with Gasteiger partial charge in [-0.05, 0) is 11.6 Å². The van der Waals surface area contributed by atoms with E-state index in [2.05, 4.69) is 6.07 Å². The van der Waals surface area contributed by atoms with Gasteiger partial charge in [-0.25, -0.2) is 0 Å². The van der Waals surface area contributed by atoms with Crippen molar-refractivity contribution in [1.82, 2.24) is 0 Å². The summed E-state index contributed by atoms with van der Waals surface area (Å²) in [5, 5.41) is 21.2. The van der Waals surface area contributed by atoms with E-state index in [0.717, 1.165) is 0 Å². The first-order valence-corrected chi connectivity index (χ1v) is 9.44. The van der Waals surface area contributed by atoms with Crippen LogP contribution in [0.5, 0.6) is 0 Å². The number of nitro benzene ring substituents is 1. The van der Waals surface area contributed by atoms with Crippen LogP contribution < -0.4 is 0 Å². The van der Waals surface area contributed by atoms with Crippen LogP contribution in [-0.4, -0.2) is 32.2 Å². The Labute approximate surface area is 180 Å².